The molecule has 0 aromatic carbocycles. The van der Waals surface area contributed by atoms with Crippen molar-refractivity contribution < 1.29 is 4.74 Å². The van der Waals surface area contributed by atoms with Gasteiger partial charge < -0.3 is 4.74 Å². The number of ether oxygens (including phenoxy) is 1. The molecule has 0 amide bonds. The number of aryl methyl sites for hydroxylation is 1. The summed E-state index contributed by atoms with van der Waals surface area (Å²) in [5.41, 5.74) is 0.788. The van der Waals surface area contributed by atoms with E-state index in [2.05, 4.69) is 16.2 Å². The molecule has 1 heterocycles. The van der Waals surface area contributed by atoms with E-state index in [1.54, 1.807) is 7.11 Å². The van der Waals surface area contributed by atoms with Gasteiger partial charge in [0.2, 0.25) is 5.88 Å². The quantitative estimate of drug-likeness (QED) is 0.548. The monoisotopic (exact) mass is 123 g/mol. The van der Waals surface area contributed by atoms with Crippen LogP contribution in [0.5, 0.6) is 5.88 Å². The summed E-state index contributed by atoms with van der Waals surface area (Å²) >= 11 is 0. The summed E-state index contributed by atoms with van der Waals surface area (Å²) in [5.74, 6) is 0.539. The van der Waals surface area contributed by atoms with E-state index in [0.29, 0.717) is 5.88 Å². The Bertz CT molecular complexity index is 200. The Morgan fingerprint density at radius 1 is 1.67 bits per heavy atom. The van der Waals surface area contributed by atoms with Crippen molar-refractivity contribution in [3.63, 3.8) is 0 Å². The molecule has 0 N–H and O–H groups in total. The number of methoxy groups -OCH3 is 1. The molecule has 0 aliphatic heterocycles. The van der Waals surface area contributed by atoms with Crippen molar-refractivity contribution in [1.82, 2.24) is 9.97 Å². The molecule has 3 heteroatoms. The van der Waals surface area contributed by atoms with E-state index in [1.165, 1.54) is 6.20 Å². The summed E-state index contributed by atoms with van der Waals surface area (Å²) in [4.78, 5) is 7.69. The molecule has 0 spiro atoms. The van der Waals surface area contributed by atoms with Crippen LogP contribution in [0.3, 0.4) is 0 Å². The normalized spacial score (nSPS) is 9.11. The molecule has 0 saturated heterocycles. The molecule has 0 atom stereocenters. The number of nitrogens with zero attached hydrogens (tertiary/aromatic N) is 2. The molecule has 47 valence electrons. The van der Waals surface area contributed by atoms with Crippen molar-refractivity contribution in [2.45, 2.75) is 6.92 Å². The maximum atomic E-state index is 4.84. The van der Waals surface area contributed by atoms with E-state index >= 15 is 0 Å². The zero-order valence-corrected chi connectivity index (χ0v) is 5.38. The first-order chi connectivity index (χ1) is 4.34. The molecule has 0 saturated carbocycles. The molecule has 1 radical (unpaired) electrons. The third-order valence-corrected chi connectivity index (χ3v) is 0.985. The lowest BCUT2D eigenvalue weighted by atomic mass is 10.5. The van der Waals surface area contributed by atoms with Gasteiger partial charge in [-0.3, -0.25) is 4.98 Å². The number of rotatable bonds is 1. The SMILES string of the molecule is COc1n[c]cnc1C. The Labute approximate surface area is 53.7 Å². The minimum atomic E-state index is 0.539. The fourth-order valence-corrected chi connectivity index (χ4v) is 0.543. The summed E-state index contributed by atoms with van der Waals surface area (Å²) < 4.78 is 4.84. The second-order valence-corrected chi connectivity index (χ2v) is 1.59. The lowest BCUT2D eigenvalue weighted by Gasteiger charge is -1.97. The molecule has 0 bridgehead atoms. The van der Waals surface area contributed by atoms with Gasteiger partial charge in [0, 0.05) is 0 Å². The van der Waals surface area contributed by atoms with Crippen molar-refractivity contribution in [3.8, 4) is 5.88 Å². The zero-order valence-electron chi connectivity index (χ0n) is 5.38. The highest BCUT2D eigenvalue weighted by Crippen LogP contribution is 2.06. The minimum Gasteiger partial charge on any atom is -0.480 e. The second kappa shape index (κ2) is 2.44. The van der Waals surface area contributed by atoms with Gasteiger partial charge in [0.1, 0.15) is 6.20 Å². The average Bonchev–Trinajstić information content (AvgIpc) is 1.89. The highest BCUT2D eigenvalue weighted by atomic mass is 16.5. The fourth-order valence-electron chi connectivity index (χ4n) is 0.543. The van der Waals surface area contributed by atoms with Crippen LogP contribution in [-0.4, -0.2) is 17.1 Å². The van der Waals surface area contributed by atoms with E-state index in [4.69, 9.17) is 4.74 Å². The van der Waals surface area contributed by atoms with Crippen LogP contribution in [0, 0.1) is 13.1 Å². The predicted molar refractivity (Wildman–Crippen MR) is 32.2 cm³/mol. The standard InChI is InChI=1S/C6H7N2O/c1-5-6(9-2)8-4-3-7-5/h3H,1-2H3. The first kappa shape index (κ1) is 6.01. The van der Waals surface area contributed by atoms with Crippen LogP contribution in [0.15, 0.2) is 6.20 Å². The molecule has 0 fully saturated rings. The molecule has 0 aliphatic rings. The van der Waals surface area contributed by atoms with Crippen molar-refractivity contribution in [1.29, 1.82) is 0 Å². The zero-order chi connectivity index (χ0) is 6.69. The second-order valence-electron chi connectivity index (χ2n) is 1.59. The van der Waals surface area contributed by atoms with E-state index < -0.39 is 0 Å². The number of aromatic nitrogens is 2. The summed E-state index contributed by atoms with van der Waals surface area (Å²) in [6.45, 7) is 1.83. The highest BCUT2D eigenvalue weighted by Gasteiger charge is 1.95. The summed E-state index contributed by atoms with van der Waals surface area (Å²) in [7, 11) is 1.56. The lowest BCUT2D eigenvalue weighted by Crippen LogP contribution is -1.92. The first-order valence-corrected chi connectivity index (χ1v) is 2.58. The van der Waals surface area contributed by atoms with Crippen LogP contribution in [0.25, 0.3) is 0 Å². The van der Waals surface area contributed by atoms with E-state index in [9.17, 15) is 0 Å². The van der Waals surface area contributed by atoms with Crippen molar-refractivity contribution in [2.24, 2.45) is 0 Å². The van der Waals surface area contributed by atoms with Gasteiger partial charge >= 0.3 is 0 Å². The molecule has 9 heavy (non-hydrogen) atoms. The first-order valence-electron chi connectivity index (χ1n) is 2.58. The molecular weight excluding hydrogens is 116 g/mol. The number of hydrogen-bond acceptors (Lipinski definition) is 3. The van der Waals surface area contributed by atoms with E-state index in [0.717, 1.165) is 5.69 Å². The topological polar surface area (TPSA) is 35.0 Å². The van der Waals surface area contributed by atoms with E-state index in [-0.39, 0.29) is 0 Å². The predicted octanol–water partition coefficient (Wildman–Crippen LogP) is 0.594. The van der Waals surface area contributed by atoms with Gasteiger partial charge in [0.05, 0.1) is 19.0 Å². The van der Waals surface area contributed by atoms with Gasteiger partial charge in [-0.1, -0.05) is 0 Å². The Kier molecular flexibility index (Phi) is 1.63. The number of hydrogen-bond donors (Lipinski definition) is 0. The van der Waals surface area contributed by atoms with Crippen LogP contribution in [-0.2, 0) is 0 Å². The third kappa shape index (κ3) is 1.16. The lowest BCUT2D eigenvalue weighted by molar-refractivity contribution is 0.391. The molecule has 0 aliphatic carbocycles. The Balaban J connectivity index is 3.01. The smallest absolute Gasteiger partial charge is 0.235 e. The highest BCUT2D eigenvalue weighted by molar-refractivity contribution is 5.13. The van der Waals surface area contributed by atoms with Gasteiger partial charge in [-0.2, -0.15) is 0 Å². The van der Waals surface area contributed by atoms with Crippen LogP contribution in [0.2, 0.25) is 0 Å². The van der Waals surface area contributed by atoms with Gasteiger partial charge in [0.25, 0.3) is 0 Å². The minimum absolute atomic E-state index is 0.539. The molecule has 0 unspecified atom stereocenters. The Morgan fingerprint density at radius 2 is 2.44 bits per heavy atom. The summed E-state index contributed by atoms with van der Waals surface area (Å²) in [6, 6.07) is 0. The largest absolute Gasteiger partial charge is 0.480 e. The Hall–Kier alpha value is -1.12. The van der Waals surface area contributed by atoms with Crippen LogP contribution in [0.4, 0.5) is 0 Å². The Morgan fingerprint density at radius 3 is 2.89 bits per heavy atom. The van der Waals surface area contributed by atoms with Gasteiger partial charge in [0.15, 0.2) is 0 Å². The molecule has 1 rings (SSSR count). The van der Waals surface area contributed by atoms with Crippen molar-refractivity contribution >= 4 is 0 Å². The maximum absolute atomic E-state index is 4.84. The van der Waals surface area contributed by atoms with Crippen LogP contribution in [0.1, 0.15) is 5.69 Å². The van der Waals surface area contributed by atoms with Gasteiger partial charge in [-0.05, 0) is 6.92 Å². The van der Waals surface area contributed by atoms with Crippen LogP contribution < -0.4 is 4.74 Å². The molecular formula is C6H7N2O. The average molecular weight is 123 g/mol. The van der Waals surface area contributed by atoms with Crippen LogP contribution >= 0.6 is 0 Å². The van der Waals surface area contributed by atoms with Gasteiger partial charge in [-0.15, -0.1) is 0 Å². The molecule has 1 aromatic rings. The van der Waals surface area contributed by atoms with Gasteiger partial charge in [-0.25, -0.2) is 4.98 Å². The van der Waals surface area contributed by atoms with Crippen molar-refractivity contribution in [2.75, 3.05) is 7.11 Å². The third-order valence-electron chi connectivity index (χ3n) is 0.985. The fraction of sp³-hybridized carbons (Fsp3) is 0.333. The molecule has 1 aromatic heterocycles. The summed E-state index contributed by atoms with van der Waals surface area (Å²) in [6.07, 6.45) is 4.08. The summed E-state index contributed by atoms with van der Waals surface area (Å²) in [5, 5.41) is 0. The molecule has 3 nitrogen and oxygen atoms in total. The van der Waals surface area contributed by atoms with Crippen molar-refractivity contribution in [3.05, 3.63) is 18.1 Å². The maximum Gasteiger partial charge on any atom is 0.235 e. The van der Waals surface area contributed by atoms with E-state index in [1.807, 2.05) is 6.92 Å².